The van der Waals surface area contributed by atoms with Crippen molar-refractivity contribution in [3.63, 3.8) is 0 Å². The van der Waals surface area contributed by atoms with E-state index in [1.165, 1.54) is 17.8 Å². The molecule has 0 bridgehead atoms. The summed E-state index contributed by atoms with van der Waals surface area (Å²) < 4.78 is 15.9. The molecule has 144 valence electrons. The van der Waals surface area contributed by atoms with Crippen molar-refractivity contribution in [3.8, 4) is 11.4 Å². The van der Waals surface area contributed by atoms with E-state index in [9.17, 15) is 9.18 Å². The van der Waals surface area contributed by atoms with Gasteiger partial charge in [-0.2, -0.15) is 0 Å². The Labute approximate surface area is 172 Å². The summed E-state index contributed by atoms with van der Waals surface area (Å²) >= 11 is 1.31. The van der Waals surface area contributed by atoms with Crippen LogP contribution in [0.25, 0.3) is 11.4 Å². The molecule has 0 saturated carbocycles. The van der Waals surface area contributed by atoms with Crippen LogP contribution in [0.1, 0.15) is 21.2 Å². The zero-order valence-electron chi connectivity index (χ0n) is 15.7. The molecule has 0 spiro atoms. The number of rotatable bonds is 6. The zero-order valence-corrected chi connectivity index (χ0v) is 16.5. The Hall–Kier alpha value is -3.25. The van der Waals surface area contributed by atoms with Crippen molar-refractivity contribution in [2.24, 2.45) is 7.05 Å². The van der Waals surface area contributed by atoms with Gasteiger partial charge in [0.15, 0.2) is 16.8 Å². The molecule has 0 radical (unpaired) electrons. The predicted octanol–water partition coefficient (Wildman–Crippen LogP) is 5.34. The van der Waals surface area contributed by atoms with Gasteiger partial charge in [-0.15, -0.1) is 10.2 Å². The van der Waals surface area contributed by atoms with Crippen LogP contribution in [-0.2, 0) is 7.05 Å². The van der Waals surface area contributed by atoms with E-state index >= 15 is 0 Å². The number of thioether (sulfide) groups is 1. The fourth-order valence-corrected chi connectivity index (χ4v) is 4.13. The van der Waals surface area contributed by atoms with Crippen LogP contribution in [0.4, 0.5) is 4.39 Å². The van der Waals surface area contributed by atoms with Crippen molar-refractivity contribution in [1.82, 2.24) is 14.8 Å². The minimum Gasteiger partial charge on any atom is -0.305 e. The Balaban J connectivity index is 1.71. The third-order valence-corrected chi connectivity index (χ3v) is 5.86. The number of hydrogen-bond acceptors (Lipinski definition) is 4. The molecule has 0 aliphatic rings. The van der Waals surface area contributed by atoms with Crippen LogP contribution in [0.15, 0.2) is 90.1 Å². The molecule has 0 fully saturated rings. The summed E-state index contributed by atoms with van der Waals surface area (Å²) in [5.41, 5.74) is 1.88. The molecule has 0 aliphatic heterocycles. The zero-order chi connectivity index (χ0) is 20.2. The van der Waals surface area contributed by atoms with Crippen molar-refractivity contribution < 1.29 is 9.18 Å². The van der Waals surface area contributed by atoms with Crippen molar-refractivity contribution >= 4 is 17.5 Å². The van der Waals surface area contributed by atoms with Crippen LogP contribution >= 0.6 is 11.8 Å². The topological polar surface area (TPSA) is 47.8 Å². The van der Waals surface area contributed by atoms with Gasteiger partial charge in [0.2, 0.25) is 0 Å². The molecule has 6 heteroatoms. The van der Waals surface area contributed by atoms with E-state index in [1.807, 2.05) is 48.5 Å². The summed E-state index contributed by atoms with van der Waals surface area (Å²) in [4.78, 5) is 13.3. The lowest BCUT2D eigenvalue weighted by molar-refractivity contribution is 0.0989. The lowest BCUT2D eigenvalue weighted by Gasteiger charge is -2.16. The second kappa shape index (κ2) is 8.41. The average Bonchev–Trinajstić information content (AvgIpc) is 3.13. The molecule has 1 heterocycles. The van der Waals surface area contributed by atoms with Gasteiger partial charge in [-0.1, -0.05) is 84.6 Å². The molecule has 4 nitrogen and oxygen atoms in total. The molecule has 4 rings (SSSR count). The van der Waals surface area contributed by atoms with Crippen molar-refractivity contribution in [2.75, 3.05) is 0 Å². The summed E-state index contributed by atoms with van der Waals surface area (Å²) in [6.07, 6.45) is 0. The molecule has 0 N–H and O–H groups in total. The first-order valence-corrected chi connectivity index (χ1v) is 9.98. The van der Waals surface area contributed by atoms with E-state index in [0.717, 1.165) is 5.56 Å². The summed E-state index contributed by atoms with van der Waals surface area (Å²) in [6, 6.07) is 25.2. The smallest absolute Gasteiger partial charge is 0.192 e. The molecular weight excluding hydrogens is 385 g/mol. The van der Waals surface area contributed by atoms with Gasteiger partial charge in [0, 0.05) is 12.6 Å². The van der Waals surface area contributed by atoms with Gasteiger partial charge in [-0.05, 0) is 17.7 Å². The van der Waals surface area contributed by atoms with E-state index in [1.54, 1.807) is 41.9 Å². The molecular formula is C23H18FN3OS. The standard InChI is InChI=1S/C23H18FN3OS/c1-27-22(18-14-8-9-15-19(18)24)25-26-23(27)29-21(17-12-6-3-7-13-17)20(28)16-10-4-2-5-11-16/h2-15,21H,1H3/t21-/m0/s1. The second-order valence-electron chi connectivity index (χ2n) is 6.48. The highest BCUT2D eigenvalue weighted by Gasteiger charge is 2.26. The molecule has 4 aromatic rings. The summed E-state index contributed by atoms with van der Waals surface area (Å²) in [6.45, 7) is 0. The highest BCUT2D eigenvalue weighted by Crippen LogP contribution is 2.38. The third kappa shape index (κ3) is 3.98. The monoisotopic (exact) mass is 403 g/mol. The molecule has 0 unspecified atom stereocenters. The van der Waals surface area contributed by atoms with Gasteiger partial charge in [0.25, 0.3) is 0 Å². The number of benzene rings is 3. The molecule has 29 heavy (non-hydrogen) atoms. The largest absolute Gasteiger partial charge is 0.305 e. The first-order valence-electron chi connectivity index (χ1n) is 9.10. The maximum atomic E-state index is 14.2. The van der Waals surface area contributed by atoms with Gasteiger partial charge >= 0.3 is 0 Å². The van der Waals surface area contributed by atoms with Gasteiger partial charge < -0.3 is 4.57 Å². The lowest BCUT2D eigenvalue weighted by atomic mass is 10.0. The van der Waals surface area contributed by atoms with Crippen LogP contribution in [-0.4, -0.2) is 20.5 Å². The van der Waals surface area contributed by atoms with Crippen LogP contribution in [0.2, 0.25) is 0 Å². The van der Waals surface area contributed by atoms with Crippen molar-refractivity contribution in [1.29, 1.82) is 0 Å². The normalized spacial score (nSPS) is 11.9. The molecule has 0 saturated heterocycles. The highest BCUT2D eigenvalue weighted by molar-refractivity contribution is 8.00. The van der Waals surface area contributed by atoms with Gasteiger partial charge in [0.1, 0.15) is 11.1 Å². The van der Waals surface area contributed by atoms with Crippen LogP contribution in [0.3, 0.4) is 0 Å². The maximum Gasteiger partial charge on any atom is 0.192 e. The Morgan fingerprint density at radius 1 is 0.897 bits per heavy atom. The van der Waals surface area contributed by atoms with Gasteiger partial charge in [-0.3, -0.25) is 4.79 Å². The van der Waals surface area contributed by atoms with Gasteiger partial charge in [-0.25, -0.2) is 4.39 Å². The molecule has 0 aliphatic carbocycles. The summed E-state index contributed by atoms with van der Waals surface area (Å²) in [5, 5.41) is 8.45. The van der Waals surface area contributed by atoms with E-state index in [-0.39, 0.29) is 11.6 Å². The number of ketones is 1. The molecule has 1 atom stereocenters. The van der Waals surface area contributed by atoms with Crippen LogP contribution in [0, 0.1) is 5.82 Å². The fourth-order valence-electron chi connectivity index (χ4n) is 3.05. The summed E-state index contributed by atoms with van der Waals surface area (Å²) in [7, 11) is 1.78. The van der Waals surface area contributed by atoms with E-state index < -0.39 is 5.25 Å². The number of Topliss-reactive ketones (excluding diaryl/α,β-unsaturated/α-hetero) is 1. The average molecular weight is 403 g/mol. The third-order valence-electron chi connectivity index (χ3n) is 4.57. The predicted molar refractivity (Wildman–Crippen MR) is 112 cm³/mol. The van der Waals surface area contributed by atoms with Gasteiger partial charge in [0.05, 0.1) is 5.56 Å². The number of carbonyl (C=O) groups excluding carboxylic acids is 1. The lowest BCUT2D eigenvalue weighted by Crippen LogP contribution is -2.11. The van der Waals surface area contributed by atoms with E-state index in [0.29, 0.717) is 22.1 Å². The maximum absolute atomic E-state index is 14.2. The van der Waals surface area contributed by atoms with Crippen molar-refractivity contribution in [2.45, 2.75) is 10.4 Å². The van der Waals surface area contributed by atoms with Crippen molar-refractivity contribution in [3.05, 3.63) is 102 Å². The first-order chi connectivity index (χ1) is 14.1. The SMILES string of the molecule is Cn1c(S[C@H](C(=O)c2ccccc2)c2ccccc2)nnc1-c1ccccc1F. The fraction of sp³-hybridized carbons (Fsp3) is 0.0870. The number of nitrogens with zero attached hydrogens (tertiary/aromatic N) is 3. The van der Waals surface area contributed by atoms with Crippen LogP contribution < -0.4 is 0 Å². The quantitative estimate of drug-likeness (QED) is 0.322. The molecule has 3 aromatic carbocycles. The number of carbonyl (C=O) groups is 1. The Bertz CT molecular complexity index is 1130. The summed E-state index contributed by atoms with van der Waals surface area (Å²) in [5.74, 6) is 0.0429. The Morgan fingerprint density at radius 3 is 2.21 bits per heavy atom. The number of hydrogen-bond donors (Lipinski definition) is 0. The Morgan fingerprint density at radius 2 is 1.52 bits per heavy atom. The molecule has 1 aromatic heterocycles. The van der Waals surface area contributed by atoms with E-state index in [4.69, 9.17) is 0 Å². The highest BCUT2D eigenvalue weighted by atomic mass is 32.2. The number of aromatic nitrogens is 3. The second-order valence-corrected chi connectivity index (χ2v) is 7.56. The Kier molecular flexibility index (Phi) is 5.53. The first kappa shape index (κ1) is 19.1. The number of halogens is 1. The van der Waals surface area contributed by atoms with Crippen LogP contribution in [0.5, 0.6) is 0 Å². The molecule has 0 amide bonds. The van der Waals surface area contributed by atoms with E-state index in [2.05, 4.69) is 10.2 Å². The minimum absolute atomic E-state index is 0.0164. The minimum atomic E-state index is -0.491.